The van der Waals surface area contributed by atoms with Gasteiger partial charge in [0.2, 0.25) is 0 Å². The Labute approximate surface area is 73.8 Å². The molecule has 60 valence electrons. The van der Waals surface area contributed by atoms with Crippen LogP contribution in [0.2, 0.25) is 0 Å². The summed E-state index contributed by atoms with van der Waals surface area (Å²) in [5, 5.41) is 0.297. The van der Waals surface area contributed by atoms with Crippen LogP contribution in [0.5, 0.6) is 0 Å². The molecule has 0 aliphatic heterocycles. The number of hydrogen-bond acceptors (Lipinski definition) is 1. The zero-order valence-electron chi connectivity index (χ0n) is 6.22. The molecule has 1 atom stereocenters. The molecule has 0 N–H and O–H groups in total. The highest BCUT2D eigenvalue weighted by Gasteiger charge is 2.23. The van der Waals surface area contributed by atoms with E-state index in [1.807, 2.05) is 0 Å². The van der Waals surface area contributed by atoms with Crippen molar-refractivity contribution in [2.45, 2.75) is 12.6 Å². The summed E-state index contributed by atoms with van der Waals surface area (Å²) in [5.74, 6) is 0. The van der Waals surface area contributed by atoms with E-state index in [-0.39, 0.29) is 0 Å². The van der Waals surface area contributed by atoms with E-state index in [1.165, 1.54) is 6.92 Å². The Morgan fingerprint density at radius 3 is 2.91 bits per heavy atom. The average Bonchev–Trinajstić information content (AvgIpc) is 2.06. The Morgan fingerprint density at radius 1 is 1.73 bits per heavy atom. The first-order chi connectivity index (χ1) is 5.17. The molecule has 0 aromatic carbocycles. The zero-order valence-corrected chi connectivity index (χ0v) is 7.81. The van der Waals surface area contributed by atoms with E-state index in [0.717, 1.165) is 0 Å². The van der Waals surface area contributed by atoms with Gasteiger partial charge in [0.25, 0.3) is 0 Å². The molecule has 0 fully saturated rings. The third kappa shape index (κ3) is 1.99. The van der Waals surface area contributed by atoms with E-state index < -0.39 is 5.67 Å². The Balaban J connectivity index is 2.93. The van der Waals surface area contributed by atoms with Crippen molar-refractivity contribution < 1.29 is 4.39 Å². The molecule has 0 spiro atoms. The van der Waals surface area contributed by atoms with Crippen LogP contribution in [0.15, 0.2) is 24.5 Å². The number of hydrogen-bond donors (Lipinski definition) is 0. The van der Waals surface area contributed by atoms with Gasteiger partial charge in [-0.15, -0.1) is 0 Å². The minimum absolute atomic E-state index is 0.297. The molecule has 1 aromatic heterocycles. The lowest BCUT2D eigenvalue weighted by Crippen LogP contribution is -2.16. The highest BCUT2D eigenvalue weighted by atomic mass is 79.9. The second-order valence-electron chi connectivity index (χ2n) is 2.57. The van der Waals surface area contributed by atoms with Gasteiger partial charge in [0.05, 0.1) is 0 Å². The molecule has 0 bridgehead atoms. The van der Waals surface area contributed by atoms with Crippen molar-refractivity contribution in [3.05, 3.63) is 30.1 Å². The van der Waals surface area contributed by atoms with Crippen LogP contribution in [0.25, 0.3) is 0 Å². The molecule has 0 saturated heterocycles. The Morgan fingerprint density at radius 2 is 2.45 bits per heavy atom. The van der Waals surface area contributed by atoms with Gasteiger partial charge in [-0.3, -0.25) is 4.98 Å². The van der Waals surface area contributed by atoms with E-state index >= 15 is 0 Å². The first-order valence-electron chi connectivity index (χ1n) is 3.32. The summed E-state index contributed by atoms with van der Waals surface area (Å²) >= 11 is 3.10. The van der Waals surface area contributed by atoms with Gasteiger partial charge < -0.3 is 0 Å². The highest BCUT2D eigenvalue weighted by Crippen LogP contribution is 2.26. The molecule has 11 heavy (non-hydrogen) atoms. The number of nitrogens with zero attached hydrogens (tertiary/aromatic N) is 1. The van der Waals surface area contributed by atoms with Crippen LogP contribution >= 0.6 is 15.9 Å². The average molecular weight is 218 g/mol. The summed E-state index contributed by atoms with van der Waals surface area (Å²) in [5.41, 5.74) is -0.703. The normalized spacial score (nSPS) is 15.9. The Hall–Kier alpha value is -0.440. The van der Waals surface area contributed by atoms with Gasteiger partial charge in [-0.1, -0.05) is 22.0 Å². The monoisotopic (exact) mass is 217 g/mol. The molecule has 1 heterocycles. The zero-order chi connectivity index (χ0) is 8.32. The van der Waals surface area contributed by atoms with Gasteiger partial charge in [0, 0.05) is 23.3 Å². The first kappa shape index (κ1) is 8.65. The van der Waals surface area contributed by atoms with Crippen LogP contribution in [0.3, 0.4) is 0 Å². The van der Waals surface area contributed by atoms with Crippen molar-refractivity contribution in [3.8, 4) is 0 Å². The van der Waals surface area contributed by atoms with Crippen molar-refractivity contribution >= 4 is 15.9 Å². The molecule has 0 aliphatic rings. The van der Waals surface area contributed by atoms with Gasteiger partial charge in [0.1, 0.15) is 5.67 Å². The van der Waals surface area contributed by atoms with Crippen molar-refractivity contribution in [2.75, 3.05) is 5.33 Å². The number of halogens is 2. The second-order valence-corrected chi connectivity index (χ2v) is 3.13. The lowest BCUT2D eigenvalue weighted by atomic mass is 10.0. The first-order valence-corrected chi connectivity index (χ1v) is 4.44. The summed E-state index contributed by atoms with van der Waals surface area (Å²) in [6, 6.07) is 3.46. The van der Waals surface area contributed by atoms with Gasteiger partial charge in [-0.05, 0) is 13.0 Å². The van der Waals surface area contributed by atoms with Crippen molar-refractivity contribution in [1.29, 1.82) is 0 Å². The Bertz CT molecular complexity index is 223. The molecular weight excluding hydrogens is 209 g/mol. The highest BCUT2D eigenvalue weighted by molar-refractivity contribution is 9.09. The predicted molar refractivity (Wildman–Crippen MR) is 46.5 cm³/mol. The van der Waals surface area contributed by atoms with E-state index in [9.17, 15) is 4.39 Å². The fourth-order valence-corrected chi connectivity index (χ4v) is 1.07. The minimum atomic E-state index is -1.31. The van der Waals surface area contributed by atoms with Gasteiger partial charge in [-0.2, -0.15) is 0 Å². The maximum absolute atomic E-state index is 13.5. The molecule has 1 nitrogen and oxygen atoms in total. The van der Waals surface area contributed by atoms with E-state index in [0.29, 0.717) is 10.9 Å². The third-order valence-corrected chi connectivity index (χ3v) is 2.57. The van der Waals surface area contributed by atoms with Crippen molar-refractivity contribution in [3.63, 3.8) is 0 Å². The molecule has 1 rings (SSSR count). The standard InChI is InChI=1S/C8H9BrFN/c1-8(10,6-9)7-3-2-4-11-5-7/h2-5H,6H2,1H3/t8-/m0/s1. The summed E-state index contributed by atoms with van der Waals surface area (Å²) in [6.45, 7) is 1.53. The number of pyridine rings is 1. The van der Waals surface area contributed by atoms with Crippen molar-refractivity contribution in [1.82, 2.24) is 4.98 Å². The maximum atomic E-state index is 13.5. The largest absolute Gasteiger partial charge is 0.264 e. The predicted octanol–water partition coefficient (Wildman–Crippen LogP) is 2.66. The summed E-state index contributed by atoms with van der Waals surface area (Å²) in [6.07, 6.45) is 3.18. The molecule has 0 amide bonds. The topological polar surface area (TPSA) is 12.9 Å². The van der Waals surface area contributed by atoms with Crippen LogP contribution in [-0.4, -0.2) is 10.3 Å². The van der Waals surface area contributed by atoms with Gasteiger partial charge >= 0.3 is 0 Å². The number of rotatable bonds is 2. The van der Waals surface area contributed by atoms with E-state index in [2.05, 4.69) is 20.9 Å². The quantitative estimate of drug-likeness (QED) is 0.695. The van der Waals surface area contributed by atoms with Gasteiger partial charge in [0.15, 0.2) is 0 Å². The number of aromatic nitrogens is 1. The maximum Gasteiger partial charge on any atom is 0.144 e. The third-order valence-electron chi connectivity index (χ3n) is 1.51. The lowest BCUT2D eigenvalue weighted by Gasteiger charge is -2.16. The molecule has 0 radical (unpaired) electrons. The van der Waals surface area contributed by atoms with E-state index in [1.54, 1.807) is 24.5 Å². The molecule has 0 saturated carbocycles. The van der Waals surface area contributed by atoms with Crippen LogP contribution < -0.4 is 0 Å². The molecule has 1 aromatic rings. The van der Waals surface area contributed by atoms with Crippen molar-refractivity contribution in [2.24, 2.45) is 0 Å². The molecule has 0 aliphatic carbocycles. The Kier molecular flexibility index (Phi) is 2.60. The van der Waals surface area contributed by atoms with Crippen LogP contribution in [0.4, 0.5) is 4.39 Å². The fraction of sp³-hybridized carbons (Fsp3) is 0.375. The van der Waals surface area contributed by atoms with Crippen LogP contribution in [0.1, 0.15) is 12.5 Å². The second kappa shape index (κ2) is 3.30. The lowest BCUT2D eigenvalue weighted by molar-refractivity contribution is 0.229. The smallest absolute Gasteiger partial charge is 0.144 e. The van der Waals surface area contributed by atoms with Crippen LogP contribution in [-0.2, 0) is 5.67 Å². The number of alkyl halides is 2. The van der Waals surface area contributed by atoms with Gasteiger partial charge in [-0.25, -0.2) is 4.39 Å². The fourth-order valence-electron chi connectivity index (χ4n) is 0.748. The summed E-state index contributed by atoms with van der Waals surface area (Å²) < 4.78 is 13.5. The SMILES string of the molecule is C[C@](F)(CBr)c1cccnc1. The summed E-state index contributed by atoms with van der Waals surface area (Å²) in [4.78, 5) is 3.84. The summed E-state index contributed by atoms with van der Waals surface area (Å²) in [7, 11) is 0. The van der Waals surface area contributed by atoms with E-state index in [4.69, 9.17) is 0 Å². The molecule has 3 heteroatoms. The van der Waals surface area contributed by atoms with Crippen LogP contribution in [0, 0.1) is 0 Å². The minimum Gasteiger partial charge on any atom is -0.264 e. The molecule has 0 unspecified atom stereocenters. The molecular formula is C8H9BrFN.